The highest BCUT2D eigenvalue weighted by molar-refractivity contribution is 5.74. The van der Waals surface area contributed by atoms with Crippen LogP contribution in [-0.2, 0) is 6.54 Å². The van der Waals surface area contributed by atoms with Crippen LogP contribution >= 0.6 is 0 Å². The first kappa shape index (κ1) is 14.3. The number of carbonyl (C=O) groups excluding carboxylic acids is 1. The van der Waals surface area contributed by atoms with Gasteiger partial charge in [0, 0.05) is 31.5 Å². The number of rotatable bonds is 5. The molecule has 0 saturated heterocycles. The Morgan fingerprint density at radius 3 is 2.95 bits per heavy atom. The van der Waals surface area contributed by atoms with Gasteiger partial charge in [0.2, 0.25) is 0 Å². The summed E-state index contributed by atoms with van der Waals surface area (Å²) >= 11 is 0. The number of aromatic nitrogens is 1. The molecular weight excluding hydrogens is 252 g/mol. The van der Waals surface area contributed by atoms with Crippen molar-refractivity contribution >= 4 is 6.03 Å². The van der Waals surface area contributed by atoms with Crippen molar-refractivity contribution in [3.63, 3.8) is 0 Å². The number of amides is 2. The Kier molecular flexibility index (Phi) is 5.36. The van der Waals surface area contributed by atoms with Crippen LogP contribution in [0.4, 0.5) is 4.79 Å². The Hall–Kier alpha value is -2.09. The Morgan fingerprint density at radius 2 is 2.30 bits per heavy atom. The summed E-state index contributed by atoms with van der Waals surface area (Å²) in [6.07, 6.45) is 8.30. The van der Waals surface area contributed by atoms with Gasteiger partial charge < -0.3 is 10.2 Å². The molecule has 0 radical (unpaired) electrons. The maximum Gasteiger partial charge on any atom is 0.317 e. The highest BCUT2D eigenvalue weighted by Gasteiger charge is 2.20. The Labute approximate surface area is 119 Å². The molecule has 2 amide bonds. The van der Waals surface area contributed by atoms with E-state index in [2.05, 4.69) is 16.4 Å². The van der Waals surface area contributed by atoms with Crippen molar-refractivity contribution in [2.24, 2.45) is 0 Å². The molecule has 1 N–H and O–H groups in total. The van der Waals surface area contributed by atoms with Crippen LogP contribution in [0.3, 0.4) is 0 Å². The molecule has 2 rings (SSSR count). The van der Waals surface area contributed by atoms with Gasteiger partial charge in [0.05, 0.1) is 12.5 Å². The lowest BCUT2D eigenvalue weighted by Gasteiger charge is -2.24. The zero-order valence-electron chi connectivity index (χ0n) is 11.6. The van der Waals surface area contributed by atoms with Crippen LogP contribution in [0.15, 0.2) is 24.5 Å². The average molecular weight is 272 g/mol. The summed E-state index contributed by atoms with van der Waals surface area (Å²) in [5.74, 6) is 0. The molecule has 20 heavy (non-hydrogen) atoms. The van der Waals surface area contributed by atoms with E-state index in [1.807, 2.05) is 12.1 Å². The molecule has 0 unspecified atom stereocenters. The summed E-state index contributed by atoms with van der Waals surface area (Å²) in [5.41, 5.74) is 0.979. The summed E-state index contributed by atoms with van der Waals surface area (Å²) in [6.45, 7) is 0.942. The van der Waals surface area contributed by atoms with E-state index in [1.165, 1.54) is 12.8 Å². The lowest BCUT2D eigenvalue weighted by molar-refractivity contribution is 0.192. The second-order valence-electron chi connectivity index (χ2n) is 5.12. The molecule has 0 bridgehead atoms. The summed E-state index contributed by atoms with van der Waals surface area (Å²) in [4.78, 5) is 18.0. The molecule has 1 aliphatic rings. The second kappa shape index (κ2) is 7.49. The monoisotopic (exact) mass is 272 g/mol. The first-order chi connectivity index (χ1) is 9.79. The molecule has 1 fully saturated rings. The van der Waals surface area contributed by atoms with E-state index in [9.17, 15) is 4.79 Å². The van der Waals surface area contributed by atoms with Gasteiger partial charge in [-0.1, -0.05) is 18.9 Å². The van der Waals surface area contributed by atoms with Crippen LogP contribution in [0.1, 0.15) is 37.7 Å². The maximum absolute atomic E-state index is 12.3. The summed E-state index contributed by atoms with van der Waals surface area (Å²) in [5, 5.41) is 11.8. The Morgan fingerprint density at radius 1 is 1.50 bits per heavy atom. The fraction of sp³-hybridized carbons (Fsp3) is 0.533. The largest absolute Gasteiger partial charge is 0.335 e. The van der Waals surface area contributed by atoms with E-state index in [0.29, 0.717) is 25.6 Å². The Bertz CT molecular complexity index is 463. The minimum Gasteiger partial charge on any atom is -0.335 e. The molecular formula is C15H20N4O. The van der Waals surface area contributed by atoms with Gasteiger partial charge in [0.15, 0.2) is 0 Å². The van der Waals surface area contributed by atoms with E-state index in [0.717, 1.165) is 18.4 Å². The van der Waals surface area contributed by atoms with E-state index in [4.69, 9.17) is 5.26 Å². The molecule has 0 spiro atoms. The van der Waals surface area contributed by atoms with Crippen LogP contribution in [0.2, 0.25) is 0 Å². The van der Waals surface area contributed by atoms with Crippen molar-refractivity contribution in [1.29, 1.82) is 5.26 Å². The van der Waals surface area contributed by atoms with E-state index in [1.54, 1.807) is 17.3 Å². The van der Waals surface area contributed by atoms with Gasteiger partial charge in [-0.15, -0.1) is 0 Å². The van der Waals surface area contributed by atoms with Gasteiger partial charge in [-0.25, -0.2) is 4.79 Å². The number of nitriles is 1. The molecule has 1 saturated carbocycles. The van der Waals surface area contributed by atoms with Gasteiger partial charge in [-0.2, -0.15) is 5.26 Å². The van der Waals surface area contributed by atoms with Gasteiger partial charge in [0.1, 0.15) is 0 Å². The minimum absolute atomic E-state index is 0.0731. The summed E-state index contributed by atoms with van der Waals surface area (Å²) in [7, 11) is 0. The molecule has 0 aromatic carbocycles. The van der Waals surface area contributed by atoms with Gasteiger partial charge >= 0.3 is 6.03 Å². The summed E-state index contributed by atoms with van der Waals surface area (Å²) in [6, 6.07) is 6.11. The lowest BCUT2D eigenvalue weighted by Crippen LogP contribution is -2.44. The number of nitrogens with zero attached hydrogens (tertiary/aromatic N) is 3. The van der Waals surface area contributed by atoms with Crippen LogP contribution in [-0.4, -0.2) is 28.5 Å². The smallest absolute Gasteiger partial charge is 0.317 e. The first-order valence-electron chi connectivity index (χ1n) is 7.11. The van der Waals surface area contributed by atoms with Crippen LogP contribution in [0.5, 0.6) is 0 Å². The Balaban J connectivity index is 1.95. The third-order valence-corrected chi connectivity index (χ3v) is 3.56. The van der Waals surface area contributed by atoms with Crippen molar-refractivity contribution in [2.45, 2.75) is 44.7 Å². The van der Waals surface area contributed by atoms with E-state index < -0.39 is 0 Å². The molecule has 1 aromatic heterocycles. The normalized spacial score (nSPS) is 14.8. The second-order valence-corrected chi connectivity index (χ2v) is 5.12. The number of carbonyl (C=O) groups is 1. The predicted octanol–water partition coefficient (Wildman–Crippen LogP) is 2.45. The fourth-order valence-corrected chi connectivity index (χ4v) is 2.49. The van der Waals surface area contributed by atoms with E-state index in [-0.39, 0.29) is 6.03 Å². The number of hydrogen-bond acceptors (Lipinski definition) is 3. The van der Waals surface area contributed by atoms with Crippen LogP contribution in [0, 0.1) is 11.3 Å². The molecule has 5 heteroatoms. The topological polar surface area (TPSA) is 69.0 Å². The fourth-order valence-electron chi connectivity index (χ4n) is 2.49. The highest BCUT2D eigenvalue weighted by atomic mass is 16.2. The molecule has 1 heterocycles. The average Bonchev–Trinajstić information content (AvgIpc) is 2.97. The van der Waals surface area contributed by atoms with Crippen molar-refractivity contribution in [3.05, 3.63) is 30.1 Å². The van der Waals surface area contributed by atoms with Crippen molar-refractivity contribution in [1.82, 2.24) is 15.2 Å². The third kappa shape index (κ3) is 4.23. The first-order valence-corrected chi connectivity index (χ1v) is 7.11. The number of urea groups is 1. The van der Waals surface area contributed by atoms with Crippen molar-refractivity contribution < 1.29 is 4.79 Å². The number of nitrogens with one attached hydrogen (secondary N) is 1. The molecule has 1 aliphatic carbocycles. The number of hydrogen-bond donors (Lipinski definition) is 1. The van der Waals surface area contributed by atoms with Gasteiger partial charge in [-0.3, -0.25) is 4.98 Å². The van der Waals surface area contributed by atoms with Gasteiger partial charge in [0.25, 0.3) is 0 Å². The van der Waals surface area contributed by atoms with Crippen LogP contribution in [0.25, 0.3) is 0 Å². The molecule has 0 aliphatic heterocycles. The quantitative estimate of drug-likeness (QED) is 0.895. The van der Waals surface area contributed by atoms with Crippen molar-refractivity contribution in [2.75, 3.05) is 6.54 Å². The van der Waals surface area contributed by atoms with Crippen LogP contribution < -0.4 is 5.32 Å². The number of pyridine rings is 1. The van der Waals surface area contributed by atoms with Gasteiger partial charge in [-0.05, 0) is 24.5 Å². The zero-order valence-corrected chi connectivity index (χ0v) is 11.6. The standard InChI is InChI=1S/C15H20N4O/c16-8-4-10-19(12-13-5-3-9-17-11-13)15(20)18-14-6-1-2-7-14/h3,5,9,11,14H,1-2,4,6-7,10,12H2,(H,18,20). The maximum atomic E-state index is 12.3. The van der Waals surface area contributed by atoms with Crippen molar-refractivity contribution in [3.8, 4) is 6.07 Å². The minimum atomic E-state index is -0.0731. The lowest BCUT2D eigenvalue weighted by atomic mass is 10.2. The zero-order chi connectivity index (χ0) is 14.2. The molecule has 0 atom stereocenters. The molecule has 5 nitrogen and oxygen atoms in total. The molecule has 1 aromatic rings. The third-order valence-electron chi connectivity index (χ3n) is 3.56. The van der Waals surface area contributed by atoms with E-state index >= 15 is 0 Å². The highest BCUT2D eigenvalue weighted by Crippen LogP contribution is 2.18. The SMILES string of the molecule is N#CCCN(Cc1cccnc1)C(=O)NC1CCCC1. The predicted molar refractivity (Wildman–Crippen MR) is 75.7 cm³/mol. The summed E-state index contributed by atoms with van der Waals surface area (Å²) < 4.78 is 0. The molecule has 106 valence electrons.